The molecule has 0 amide bonds. The van der Waals surface area contributed by atoms with Crippen molar-refractivity contribution in [3.63, 3.8) is 0 Å². The first-order valence-electron chi connectivity index (χ1n) is 9.95. The van der Waals surface area contributed by atoms with E-state index in [1.54, 1.807) is 6.33 Å². The minimum Gasteiger partial charge on any atom is -0.349 e. The fourth-order valence-electron chi connectivity index (χ4n) is 4.15. The van der Waals surface area contributed by atoms with Gasteiger partial charge in [0.1, 0.15) is 6.33 Å². The zero-order valence-corrected chi connectivity index (χ0v) is 20.2. The number of fused-ring (bicyclic) bond motifs is 1. The van der Waals surface area contributed by atoms with Crippen molar-refractivity contribution in [2.75, 3.05) is 0 Å². The van der Waals surface area contributed by atoms with Crippen LogP contribution in [0.25, 0.3) is 39.2 Å². The van der Waals surface area contributed by atoms with Gasteiger partial charge in [0.15, 0.2) is 0 Å². The third kappa shape index (κ3) is 3.52. The molecule has 0 saturated heterocycles. The molecule has 31 heavy (non-hydrogen) atoms. The van der Waals surface area contributed by atoms with Crippen molar-refractivity contribution >= 4 is 11.0 Å². The zero-order valence-electron chi connectivity index (χ0n) is 17.8. The van der Waals surface area contributed by atoms with Gasteiger partial charge in [-0.1, -0.05) is 35.9 Å². The number of benzene rings is 3. The molecule has 0 fully saturated rings. The van der Waals surface area contributed by atoms with Crippen molar-refractivity contribution in [1.82, 2.24) is 24.3 Å². The third-order valence-corrected chi connectivity index (χ3v) is 5.68. The first-order chi connectivity index (χ1) is 14.5. The van der Waals surface area contributed by atoms with Crippen molar-refractivity contribution < 1.29 is 20.1 Å². The topological polar surface area (TPSA) is 48.5 Å². The van der Waals surface area contributed by atoms with Gasteiger partial charge in [-0.3, -0.25) is 4.98 Å². The summed E-state index contributed by atoms with van der Waals surface area (Å²) in [5.74, 6) is 1.70. The smallest absolute Gasteiger partial charge is 0.114 e. The number of hydrogen-bond donors (Lipinski definition) is 0. The molecule has 5 nitrogen and oxygen atoms in total. The SMILES string of the molecule is Cc1cc(-c2ccccc2)cc(C)c1-n1cnnc1-c1[c-]ccc2c1nc(C)n2C.[Ir]. The molecule has 0 atom stereocenters. The molecule has 0 aliphatic rings. The molecule has 0 saturated carbocycles. The summed E-state index contributed by atoms with van der Waals surface area (Å²) in [5, 5.41) is 8.68. The number of imidazole rings is 1. The Balaban J connectivity index is 0.00000231. The van der Waals surface area contributed by atoms with E-state index in [4.69, 9.17) is 4.98 Å². The van der Waals surface area contributed by atoms with Gasteiger partial charge < -0.3 is 9.13 Å². The van der Waals surface area contributed by atoms with Gasteiger partial charge in [0.2, 0.25) is 0 Å². The predicted octanol–water partition coefficient (Wildman–Crippen LogP) is 5.21. The van der Waals surface area contributed by atoms with Crippen LogP contribution < -0.4 is 0 Å². The van der Waals surface area contributed by atoms with Crippen molar-refractivity contribution in [1.29, 1.82) is 0 Å². The van der Waals surface area contributed by atoms with Gasteiger partial charge in [0.25, 0.3) is 0 Å². The molecule has 2 aromatic heterocycles. The second kappa shape index (κ2) is 8.22. The van der Waals surface area contributed by atoms with E-state index >= 15 is 0 Å². The van der Waals surface area contributed by atoms with Crippen molar-refractivity contribution in [2.45, 2.75) is 20.8 Å². The molecule has 5 rings (SSSR count). The Hall–Kier alpha value is -3.08. The summed E-state index contributed by atoms with van der Waals surface area (Å²) in [4.78, 5) is 4.75. The molecule has 157 valence electrons. The van der Waals surface area contributed by atoms with Crippen LogP contribution in [-0.2, 0) is 27.2 Å². The maximum Gasteiger partial charge on any atom is 0.114 e. The molecule has 2 heterocycles. The second-order valence-corrected chi connectivity index (χ2v) is 7.65. The normalized spacial score (nSPS) is 11.0. The summed E-state index contributed by atoms with van der Waals surface area (Å²) in [6.07, 6.45) is 1.77. The molecular formula is C25H22IrN5-. The minimum absolute atomic E-state index is 0. The van der Waals surface area contributed by atoms with Crippen LogP contribution in [0, 0.1) is 26.8 Å². The Morgan fingerprint density at radius 3 is 2.32 bits per heavy atom. The quantitative estimate of drug-likeness (QED) is 0.274. The van der Waals surface area contributed by atoms with Gasteiger partial charge in [-0.2, -0.15) is 5.10 Å². The molecule has 0 bridgehead atoms. The van der Waals surface area contributed by atoms with Crippen molar-refractivity contribution in [3.05, 3.63) is 83.9 Å². The summed E-state index contributed by atoms with van der Waals surface area (Å²) in [6.45, 7) is 6.27. The van der Waals surface area contributed by atoms with E-state index in [0.717, 1.165) is 33.9 Å². The molecule has 0 aliphatic carbocycles. The van der Waals surface area contributed by atoms with E-state index in [9.17, 15) is 0 Å². The van der Waals surface area contributed by atoms with Gasteiger partial charge in [-0.25, -0.2) is 0 Å². The maximum atomic E-state index is 4.75. The first kappa shape index (κ1) is 21.2. The van der Waals surface area contributed by atoms with Crippen LogP contribution in [0.15, 0.2) is 60.9 Å². The summed E-state index contributed by atoms with van der Waals surface area (Å²) in [6, 6.07) is 22.2. The summed E-state index contributed by atoms with van der Waals surface area (Å²) in [5.41, 5.74) is 8.65. The Morgan fingerprint density at radius 2 is 1.61 bits per heavy atom. The van der Waals surface area contributed by atoms with Gasteiger partial charge in [-0.05, 0) is 60.7 Å². The Morgan fingerprint density at radius 1 is 0.903 bits per heavy atom. The fourth-order valence-corrected chi connectivity index (χ4v) is 4.15. The molecule has 1 radical (unpaired) electrons. The number of hydrogen-bond acceptors (Lipinski definition) is 3. The van der Waals surface area contributed by atoms with Gasteiger partial charge >= 0.3 is 0 Å². The Labute approximate surface area is 195 Å². The molecular weight excluding hydrogens is 563 g/mol. The standard InChI is InChI=1S/C25H22N5.Ir/c1-16-13-20(19-9-6-5-7-10-19)14-17(2)24(16)30-15-26-28-25(30)21-11-8-12-22-23(21)27-18(3)29(22)4;/h5-10,12-15H,1-4H3;/q-1;. The fraction of sp³-hybridized carbons (Fsp3) is 0.160. The van der Waals surface area contributed by atoms with Crippen LogP contribution >= 0.6 is 0 Å². The average molecular weight is 585 g/mol. The van der Waals surface area contributed by atoms with E-state index in [1.807, 2.05) is 32.2 Å². The molecule has 0 N–H and O–H groups in total. The van der Waals surface area contributed by atoms with E-state index in [-0.39, 0.29) is 20.1 Å². The third-order valence-electron chi connectivity index (χ3n) is 5.68. The van der Waals surface area contributed by atoms with Crippen LogP contribution in [-0.4, -0.2) is 24.3 Å². The Kier molecular flexibility index (Phi) is 5.61. The van der Waals surface area contributed by atoms with E-state index in [0.29, 0.717) is 0 Å². The van der Waals surface area contributed by atoms with E-state index in [1.165, 1.54) is 22.3 Å². The Bertz CT molecular complexity index is 1360. The van der Waals surface area contributed by atoms with Gasteiger partial charge in [0.05, 0.1) is 11.6 Å². The molecule has 0 aliphatic heterocycles. The van der Waals surface area contributed by atoms with Crippen LogP contribution in [0.3, 0.4) is 0 Å². The second-order valence-electron chi connectivity index (χ2n) is 7.65. The average Bonchev–Trinajstić information content (AvgIpc) is 3.33. The summed E-state index contributed by atoms with van der Waals surface area (Å²) < 4.78 is 4.13. The van der Waals surface area contributed by atoms with Gasteiger partial charge in [0, 0.05) is 38.4 Å². The van der Waals surface area contributed by atoms with Crippen LogP contribution in [0.4, 0.5) is 0 Å². The predicted molar refractivity (Wildman–Crippen MR) is 120 cm³/mol. The molecule has 5 aromatic rings. The first-order valence-corrected chi connectivity index (χ1v) is 9.95. The van der Waals surface area contributed by atoms with Crippen LogP contribution in [0.1, 0.15) is 17.0 Å². The van der Waals surface area contributed by atoms with Crippen LogP contribution in [0.2, 0.25) is 0 Å². The maximum absolute atomic E-state index is 4.75. The van der Waals surface area contributed by atoms with Gasteiger partial charge in [-0.15, -0.1) is 23.3 Å². The van der Waals surface area contributed by atoms with Crippen molar-refractivity contribution in [2.24, 2.45) is 7.05 Å². The summed E-state index contributed by atoms with van der Waals surface area (Å²) >= 11 is 0. The van der Waals surface area contributed by atoms with E-state index in [2.05, 4.69) is 75.6 Å². The number of rotatable bonds is 3. The monoisotopic (exact) mass is 585 g/mol. The number of aryl methyl sites for hydroxylation is 4. The zero-order chi connectivity index (χ0) is 20.8. The van der Waals surface area contributed by atoms with Crippen LogP contribution in [0.5, 0.6) is 0 Å². The number of aromatic nitrogens is 5. The number of nitrogens with zero attached hydrogens (tertiary/aromatic N) is 5. The largest absolute Gasteiger partial charge is 0.349 e. The summed E-state index contributed by atoms with van der Waals surface area (Å²) in [7, 11) is 2.02. The molecule has 6 heteroatoms. The molecule has 0 unspecified atom stereocenters. The van der Waals surface area contributed by atoms with E-state index < -0.39 is 0 Å². The van der Waals surface area contributed by atoms with Crippen molar-refractivity contribution in [3.8, 4) is 28.2 Å². The minimum atomic E-state index is 0. The molecule has 3 aromatic carbocycles. The molecule has 0 spiro atoms.